The number of aromatic nitrogens is 3. The van der Waals surface area contributed by atoms with Crippen LogP contribution in [0.2, 0.25) is 0 Å². The standard InChI is InChI=1S/C17H17FN4OS/c18-14-7-2-1-6-13(14)15-20-17-22(21-15)12(10-24-17)8-9-19-16(23)11-4-3-5-11/h1-2,6-7,10-11H,3-5,8-9H2,(H,19,23). The molecular formula is C17H17FN4OS. The second-order valence-corrected chi connectivity index (χ2v) is 6.84. The first-order valence-corrected chi connectivity index (χ1v) is 8.96. The number of hydrogen-bond donors (Lipinski definition) is 1. The third-order valence-electron chi connectivity index (χ3n) is 4.42. The van der Waals surface area contributed by atoms with Crippen molar-refractivity contribution in [2.75, 3.05) is 6.54 Å². The van der Waals surface area contributed by atoms with Crippen LogP contribution in [0, 0.1) is 11.7 Å². The molecule has 0 atom stereocenters. The second-order valence-electron chi connectivity index (χ2n) is 6.01. The molecule has 0 bridgehead atoms. The van der Waals surface area contributed by atoms with Gasteiger partial charge in [-0.3, -0.25) is 4.79 Å². The molecule has 24 heavy (non-hydrogen) atoms. The van der Waals surface area contributed by atoms with Gasteiger partial charge in [-0.2, -0.15) is 4.98 Å². The zero-order valence-corrected chi connectivity index (χ0v) is 13.9. The van der Waals surface area contributed by atoms with E-state index in [1.807, 2.05) is 5.38 Å². The first kappa shape index (κ1) is 15.3. The van der Waals surface area contributed by atoms with Crippen LogP contribution in [-0.2, 0) is 11.2 Å². The third kappa shape index (κ3) is 2.80. The monoisotopic (exact) mass is 344 g/mol. The van der Waals surface area contributed by atoms with Crippen LogP contribution >= 0.6 is 11.3 Å². The summed E-state index contributed by atoms with van der Waals surface area (Å²) in [6.45, 7) is 0.579. The zero-order valence-electron chi connectivity index (χ0n) is 13.0. The topological polar surface area (TPSA) is 59.3 Å². The number of carbonyl (C=O) groups excluding carboxylic acids is 1. The number of carbonyl (C=O) groups is 1. The molecule has 2 aromatic heterocycles. The van der Waals surface area contributed by atoms with Gasteiger partial charge in [0.2, 0.25) is 10.9 Å². The van der Waals surface area contributed by atoms with E-state index in [1.54, 1.807) is 22.7 Å². The van der Waals surface area contributed by atoms with Crippen LogP contribution in [0.25, 0.3) is 16.3 Å². The molecule has 7 heteroatoms. The number of benzene rings is 1. The highest BCUT2D eigenvalue weighted by Crippen LogP contribution is 2.26. The Labute approximate surface area is 142 Å². The van der Waals surface area contributed by atoms with E-state index in [4.69, 9.17) is 0 Å². The summed E-state index contributed by atoms with van der Waals surface area (Å²) < 4.78 is 15.6. The fraction of sp³-hybridized carbons (Fsp3) is 0.353. The quantitative estimate of drug-likeness (QED) is 0.774. The summed E-state index contributed by atoms with van der Waals surface area (Å²) in [5.41, 5.74) is 1.37. The SMILES string of the molecule is O=C(NCCc1csc2nc(-c3ccccc3F)nn12)C1CCC1. The van der Waals surface area contributed by atoms with Gasteiger partial charge in [0, 0.05) is 24.3 Å². The summed E-state index contributed by atoms with van der Waals surface area (Å²) in [5.74, 6) is 0.412. The highest BCUT2D eigenvalue weighted by Gasteiger charge is 2.24. The number of halogens is 1. The largest absolute Gasteiger partial charge is 0.355 e. The molecule has 1 N–H and O–H groups in total. The van der Waals surface area contributed by atoms with Gasteiger partial charge in [-0.25, -0.2) is 8.91 Å². The van der Waals surface area contributed by atoms with Crippen LogP contribution in [0.5, 0.6) is 0 Å². The Hall–Kier alpha value is -2.28. The highest BCUT2D eigenvalue weighted by molar-refractivity contribution is 7.15. The van der Waals surface area contributed by atoms with Gasteiger partial charge < -0.3 is 5.32 Å². The molecule has 1 fully saturated rings. The second kappa shape index (κ2) is 6.32. The van der Waals surface area contributed by atoms with Crippen molar-refractivity contribution in [2.24, 2.45) is 5.92 Å². The lowest BCUT2D eigenvalue weighted by Gasteiger charge is -2.23. The molecule has 1 aliphatic carbocycles. The van der Waals surface area contributed by atoms with Gasteiger partial charge in [-0.1, -0.05) is 18.6 Å². The van der Waals surface area contributed by atoms with Crippen LogP contribution in [0.4, 0.5) is 4.39 Å². The van der Waals surface area contributed by atoms with Crippen LogP contribution in [0.3, 0.4) is 0 Å². The van der Waals surface area contributed by atoms with Gasteiger partial charge in [-0.15, -0.1) is 16.4 Å². The summed E-state index contributed by atoms with van der Waals surface area (Å²) >= 11 is 1.47. The number of amides is 1. The third-order valence-corrected chi connectivity index (χ3v) is 5.29. The minimum absolute atomic E-state index is 0.151. The van der Waals surface area contributed by atoms with Gasteiger partial charge in [-0.05, 0) is 25.0 Å². The number of nitrogens with zero attached hydrogens (tertiary/aromatic N) is 3. The van der Waals surface area contributed by atoms with Crippen LogP contribution in [0.1, 0.15) is 25.0 Å². The van der Waals surface area contributed by atoms with Crippen molar-refractivity contribution < 1.29 is 9.18 Å². The molecule has 0 aliphatic heterocycles. The first-order chi connectivity index (χ1) is 11.7. The molecule has 0 radical (unpaired) electrons. The smallest absolute Gasteiger partial charge is 0.223 e. The van der Waals surface area contributed by atoms with Crippen molar-refractivity contribution in [1.82, 2.24) is 19.9 Å². The number of thiazole rings is 1. The molecule has 3 aromatic rings. The fourth-order valence-electron chi connectivity index (χ4n) is 2.78. The zero-order chi connectivity index (χ0) is 16.5. The van der Waals surface area contributed by atoms with Crippen molar-refractivity contribution >= 4 is 22.2 Å². The molecule has 1 saturated carbocycles. The van der Waals surface area contributed by atoms with E-state index in [1.165, 1.54) is 17.4 Å². The Kier molecular flexibility index (Phi) is 4.02. The molecule has 4 rings (SSSR count). The maximum Gasteiger partial charge on any atom is 0.223 e. The van der Waals surface area contributed by atoms with Crippen molar-refractivity contribution in [3.05, 3.63) is 41.2 Å². The molecule has 124 valence electrons. The van der Waals surface area contributed by atoms with E-state index in [9.17, 15) is 9.18 Å². The Morgan fingerprint density at radius 1 is 1.38 bits per heavy atom. The van der Waals surface area contributed by atoms with E-state index in [0.717, 1.165) is 29.9 Å². The fourth-order valence-corrected chi connectivity index (χ4v) is 3.64. The van der Waals surface area contributed by atoms with Gasteiger partial charge in [0.05, 0.1) is 11.3 Å². The molecule has 1 amide bonds. The van der Waals surface area contributed by atoms with E-state index < -0.39 is 0 Å². The summed E-state index contributed by atoms with van der Waals surface area (Å²) in [6, 6.07) is 6.49. The highest BCUT2D eigenvalue weighted by atomic mass is 32.1. The van der Waals surface area contributed by atoms with Gasteiger partial charge in [0.1, 0.15) is 5.82 Å². The van der Waals surface area contributed by atoms with E-state index in [-0.39, 0.29) is 17.6 Å². The average Bonchev–Trinajstić information content (AvgIpc) is 3.07. The van der Waals surface area contributed by atoms with Crippen LogP contribution in [-0.4, -0.2) is 27.0 Å². The minimum Gasteiger partial charge on any atom is -0.355 e. The van der Waals surface area contributed by atoms with Crippen molar-refractivity contribution in [2.45, 2.75) is 25.7 Å². The van der Waals surface area contributed by atoms with E-state index in [2.05, 4.69) is 15.4 Å². The lowest BCUT2D eigenvalue weighted by Crippen LogP contribution is -2.35. The molecule has 0 saturated heterocycles. The molecule has 1 aliphatic rings. The van der Waals surface area contributed by atoms with Crippen molar-refractivity contribution in [3.63, 3.8) is 0 Å². The average molecular weight is 344 g/mol. The number of rotatable bonds is 5. The van der Waals surface area contributed by atoms with Crippen LogP contribution in [0.15, 0.2) is 29.6 Å². The number of fused-ring (bicyclic) bond motifs is 1. The van der Waals surface area contributed by atoms with E-state index in [0.29, 0.717) is 24.4 Å². The maximum atomic E-state index is 13.9. The Balaban J connectivity index is 1.48. The summed E-state index contributed by atoms with van der Waals surface area (Å²) in [6.07, 6.45) is 3.84. The molecular weight excluding hydrogens is 327 g/mol. The molecule has 2 heterocycles. The lowest BCUT2D eigenvalue weighted by atomic mass is 9.85. The number of hydrogen-bond acceptors (Lipinski definition) is 4. The Morgan fingerprint density at radius 2 is 2.21 bits per heavy atom. The maximum absolute atomic E-state index is 13.9. The van der Waals surface area contributed by atoms with E-state index >= 15 is 0 Å². The lowest BCUT2D eigenvalue weighted by molar-refractivity contribution is -0.127. The normalized spacial score (nSPS) is 14.7. The number of nitrogens with one attached hydrogen (secondary N) is 1. The Morgan fingerprint density at radius 3 is 2.96 bits per heavy atom. The first-order valence-electron chi connectivity index (χ1n) is 8.08. The molecule has 1 aromatic carbocycles. The van der Waals surface area contributed by atoms with Crippen LogP contribution < -0.4 is 5.32 Å². The van der Waals surface area contributed by atoms with Gasteiger partial charge >= 0.3 is 0 Å². The minimum atomic E-state index is -0.329. The Bertz CT molecular complexity index is 884. The summed E-state index contributed by atoms with van der Waals surface area (Å²) in [5, 5.41) is 9.39. The van der Waals surface area contributed by atoms with Gasteiger partial charge in [0.15, 0.2) is 5.82 Å². The summed E-state index contributed by atoms with van der Waals surface area (Å²) in [7, 11) is 0. The molecule has 5 nitrogen and oxygen atoms in total. The predicted molar refractivity (Wildman–Crippen MR) is 90.3 cm³/mol. The van der Waals surface area contributed by atoms with Gasteiger partial charge in [0.25, 0.3) is 0 Å². The molecule has 0 spiro atoms. The molecule has 0 unspecified atom stereocenters. The van der Waals surface area contributed by atoms with Crippen molar-refractivity contribution in [1.29, 1.82) is 0 Å². The summed E-state index contributed by atoms with van der Waals surface area (Å²) in [4.78, 5) is 17.0. The van der Waals surface area contributed by atoms with Crippen molar-refractivity contribution in [3.8, 4) is 11.4 Å². The predicted octanol–water partition coefficient (Wildman–Crippen LogP) is 3.06.